The number of furan rings is 1. The Morgan fingerprint density at radius 2 is 2.19 bits per heavy atom. The minimum absolute atomic E-state index is 0.0744. The van der Waals surface area contributed by atoms with Gasteiger partial charge in [-0.1, -0.05) is 11.6 Å². The summed E-state index contributed by atoms with van der Waals surface area (Å²) in [6.45, 7) is 0. The highest BCUT2D eigenvalue weighted by Crippen LogP contribution is 2.27. The van der Waals surface area contributed by atoms with Gasteiger partial charge in [-0.2, -0.15) is 0 Å². The third kappa shape index (κ3) is 2.03. The van der Waals surface area contributed by atoms with Crippen LogP contribution in [0.5, 0.6) is 0 Å². The molecule has 2 nitrogen and oxygen atoms in total. The molecule has 1 aromatic heterocycles. The third-order valence-electron chi connectivity index (χ3n) is 2.04. The highest BCUT2D eigenvalue weighted by molar-refractivity contribution is 9.10. The van der Waals surface area contributed by atoms with E-state index in [-0.39, 0.29) is 16.1 Å². The van der Waals surface area contributed by atoms with Gasteiger partial charge < -0.3 is 4.42 Å². The Kier molecular flexibility index (Phi) is 3.12. The van der Waals surface area contributed by atoms with Crippen molar-refractivity contribution in [2.24, 2.45) is 0 Å². The van der Waals surface area contributed by atoms with Crippen molar-refractivity contribution in [1.29, 1.82) is 0 Å². The van der Waals surface area contributed by atoms with E-state index in [2.05, 4.69) is 15.9 Å². The zero-order valence-electron chi connectivity index (χ0n) is 7.84. The van der Waals surface area contributed by atoms with Gasteiger partial charge in [0, 0.05) is 4.47 Å². The molecule has 0 unspecified atom stereocenters. The van der Waals surface area contributed by atoms with Gasteiger partial charge in [0.05, 0.1) is 22.4 Å². The number of ketones is 1. The number of carbonyl (C=O) groups excluding carboxylic acids is 1. The van der Waals surface area contributed by atoms with Crippen LogP contribution < -0.4 is 0 Å². The lowest BCUT2D eigenvalue weighted by molar-refractivity contribution is 0.103. The number of carbonyl (C=O) groups is 1. The molecule has 0 aliphatic rings. The molecule has 0 spiro atoms. The minimum atomic E-state index is -0.623. The van der Waals surface area contributed by atoms with Crippen LogP contribution in [0.25, 0.3) is 0 Å². The van der Waals surface area contributed by atoms with Gasteiger partial charge in [-0.05, 0) is 34.1 Å². The Morgan fingerprint density at radius 3 is 2.81 bits per heavy atom. The Morgan fingerprint density at radius 1 is 1.44 bits per heavy atom. The monoisotopic (exact) mass is 302 g/mol. The van der Waals surface area contributed by atoms with Gasteiger partial charge in [-0.3, -0.25) is 4.79 Å². The lowest BCUT2D eigenvalue weighted by Crippen LogP contribution is -2.03. The summed E-state index contributed by atoms with van der Waals surface area (Å²) < 4.78 is 18.7. The summed E-state index contributed by atoms with van der Waals surface area (Å²) in [6, 6.07) is 3.92. The molecule has 0 fully saturated rings. The zero-order chi connectivity index (χ0) is 11.7. The van der Waals surface area contributed by atoms with Gasteiger partial charge in [-0.25, -0.2) is 4.39 Å². The fourth-order valence-electron chi connectivity index (χ4n) is 1.25. The van der Waals surface area contributed by atoms with Crippen molar-refractivity contribution in [3.63, 3.8) is 0 Å². The van der Waals surface area contributed by atoms with Gasteiger partial charge in [0.25, 0.3) is 0 Å². The average molecular weight is 304 g/mol. The van der Waals surface area contributed by atoms with E-state index in [0.29, 0.717) is 4.47 Å². The molecule has 0 bridgehead atoms. The molecule has 0 amide bonds. The van der Waals surface area contributed by atoms with Crippen LogP contribution in [0.2, 0.25) is 5.02 Å². The summed E-state index contributed by atoms with van der Waals surface area (Å²) >= 11 is 8.88. The SMILES string of the molecule is O=C(c1ccoc1)c1cc(Cl)c(Br)cc1F. The highest BCUT2D eigenvalue weighted by Gasteiger charge is 2.16. The molecular formula is C11H5BrClFO2. The minimum Gasteiger partial charge on any atom is -0.472 e. The Bertz CT molecular complexity index is 537. The van der Waals surface area contributed by atoms with Crippen LogP contribution in [0.4, 0.5) is 4.39 Å². The fourth-order valence-corrected chi connectivity index (χ4v) is 1.72. The number of benzene rings is 1. The number of rotatable bonds is 2. The maximum Gasteiger partial charge on any atom is 0.199 e. The van der Waals surface area contributed by atoms with Crippen molar-refractivity contribution in [2.75, 3.05) is 0 Å². The summed E-state index contributed by atoms with van der Waals surface area (Å²) in [6.07, 6.45) is 2.61. The summed E-state index contributed by atoms with van der Waals surface area (Å²) in [5.41, 5.74) is 0.215. The molecule has 2 aromatic rings. The van der Waals surface area contributed by atoms with Crippen molar-refractivity contribution >= 4 is 33.3 Å². The lowest BCUT2D eigenvalue weighted by Gasteiger charge is -2.03. The first-order valence-corrected chi connectivity index (χ1v) is 5.48. The van der Waals surface area contributed by atoms with Gasteiger partial charge in [0.2, 0.25) is 0 Å². The quantitative estimate of drug-likeness (QED) is 0.618. The van der Waals surface area contributed by atoms with Gasteiger partial charge in [-0.15, -0.1) is 0 Å². The Hall–Kier alpha value is -1.13. The smallest absolute Gasteiger partial charge is 0.199 e. The van der Waals surface area contributed by atoms with E-state index in [1.807, 2.05) is 0 Å². The molecule has 1 heterocycles. The number of hydrogen-bond donors (Lipinski definition) is 0. The van der Waals surface area contributed by atoms with Crippen LogP contribution in [0.3, 0.4) is 0 Å². The van der Waals surface area contributed by atoms with E-state index < -0.39 is 11.6 Å². The predicted molar refractivity (Wildman–Crippen MR) is 61.3 cm³/mol. The van der Waals surface area contributed by atoms with E-state index >= 15 is 0 Å². The summed E-state index contributed by atoms with van der Waals surface area (Å²) in [7, 11) is 0. The topological polar surface area (TPSA) is 30.2 Å². The molecule has 0 atom stereocenters. The number of hydrogen-bond acceptors (Lipinski definition) is 2. The average Bonchev–Trinajstić information content (AvgIpc) is 2.75. The summed E-state index contributed by atoms with van der Waals surface area (Å²) in [4.78, 5) is 11.8. The van der Waals surface area contributed by atoms with Gasteiger partial charge in [0.15, 0.2) is 5.78 Å². The first-order valence-electron chi connectivity index (χ1n) is 4.31. The van der Waals surface area contributed by atoms with Crippen LogP contribution in [-0.2, 0) is 0 Å². The standard InChI is InChI=1S/C11H5BrClFO2/c12-8-4-10(14)7(3-9(8)13)11(15)6-1-2-16-5-6/h1-5H. The van der Waals surface area contributed by atoms with Crippen LogP contribution in [-0.4, -0.2) is 5.78 Å². The summed E-state index contributed by atoms with van der Waals surface area (Å²) in [5, 5.41) is 0.285. The van der Waals surface area contributed by atoms with E-state index in [0.717, 1.165) is 6.07 Å². The predicted octanol–water partition coefficient (Wildman–Crippen LogP) is 4.07. The second-order valence-electron chi connectivity index (χ2n) is 3.09. The largest absolute Gasteiger partial charge is 0.472 e. The van der Waals surface area contributed by atoms with Crippen molar-refractivity contribution in [3.8, 4) is 0 Å². The molecule has 0 aliphatic carbocycles. The molecule has 5 heteroatoms. The number of halogens is 3. The molecule has 0 saturated heterocycles. The van der Waals surface area contributed by atoms with E-state index in [1.165, 1.54) is 24.7 Å². The third-order valence-corrected chi connectivity index (χ3v) is 3.24. The maximum absolute atomic E-state index is 13.5. The molecule has 1 aromatic carbocycles. The Balaban J connectivity index is 2.49. The van der Waals surface area contributed by atoms with Crippen molar-refractivity contribution in [2.45, 2.75) is 0 Å². The van der Waals surface area contributed by atoms with Crippen LogP contribution >= 0.6 is 27.5 Å². The normalized spacial score (nSPS) is 10.4. The van der Waals surface area contributed by atoms with E-state index in [4.69, 9.17) is 16.0 Å². The van der Waals surface area contributed by atoms with Crippen molar-refractivity contribution in [1.82, 2.24) is 0 Å². The van der Waals surface area contributed by atoms with Gasteiger partial charge in [0.1, 0.15) is 12.1 Å². The van der Waals surface area contributed by atoms with E-state index in [9.17, 15) is 9.18 Å². The second kappa shape index (κ2) is 4.39. The highest BCUT2D eigenvalue weighted by atomic mass is 79.9. The van der Waals surface area contributed by atoms with Crippen molar-refractivity contribution in [3.05, 3.63) is 57.2 Å². The fraction of sp³-hybridized carbons (Fsp3) is 0. The van der Waals surface area contributed by atoms with Crippen LogP contribution in [0, 0.1) is 5.82 Å². The molecule has 82 valence electrons. The first kappa shape index (κ1) is 11.4. The summed E-state index contributed by atoms with van der Waals surface area (Å²) in [5.74, 6) is -1.08. The maximum atomic E-state index is 13.5. The zero-order valence-corrected chi connectivity index (χ0v) is 10.2. The molecule has 0 N–H and O–H groups in total. The molecule has 0 saturated carbocycles. The lowest BCUT2D eigenvalue weighted by atomic mass is 10.1. The molecule has 0 aliphatic heterocycles. The second-order valence-corrected chi connectivity index (χ2v) is 4.35. The van der Waals surface area contributed by atoms with E-state index in [1.54, 1.807) is 0 Å². The first-order chi connectivity index (χ1) is 7.59. The molecule has 0 radical (unpaired) electrons. The molecular weight excluding hydrogens is 298 g/mol. The molecule has 16 heavy (non-hydrogen) atoms. The Labute approximate surface area is 104 Å². The van der Waals surface area contributed by atoms with Gasteiger partial charge >= 0.3 is 0 Å². The van der Waals surface area contributed by atoms with Crippen LogP contribution in [0.1, 0.15) is 15.9 Å². The van der Waals surface area contributed by atoms with Crippen LogP contribution in [0.15, 0.2) is 39.6 Å². The molecule has 2 rings (SSSR count). The van der Waals surface area contributed by atoms with Crippen molar-refractivity contribution < 1.29 is 13.6 Å².